The Labute approximate surface area is 84.5 Å². The average Bonchev–Trinajstić information content (AvgIpc) is 2.71. The predicted octanol–water partition coefficient (Wildman–Crippen LogP) is 1.03. The second-order valence-corrected chi connectivity index (χ2v) is 2.73. The fourth-order valence-corrected chi connectivity index (χ4v) is 1.04. The van der Waals surface area contributed by atoms with Gasteiger partial charge in [0.15, 0.2) is 5.82 Å². The molecular formula is C9H7N3O3. The van der Waals surface area contributed by atoms with Crippen LogP contribution in [0.25, 0.3) is 0 Å². The van der Waals surface area contributed by atoms with Gasteiger partial charge in [-0.25, -0.2) is 0 Å². The van der Waals surface area contributed by atoms with E-state index in [1.807, 2.05) is 0 Å². The maximum Gasteiger partial charge on any atom is 0.260 e. The van der Waals surface area contributed by atoms with E-state index < -0.39 is 5.91 Å². The molecule has 0 spiro atoms. The first-order valence-electron chi connectivity index (χ1n) is 4.12. The van der Waals surface area contributed by atoms with Crippen molar-refractivity contribution in [2.24, 2.45) is 0 Å². The Balaban J connectivity index is 2.19. The summed E-state index contributed by atoms with van der Waals surface area (Å²) in [5.41, 5.74) is 0.132. The van der Waals surface area contributed by atoms with Gasteiger partial charge in [0.25, 0.3) is 5.91 Å². The zero-order valence-corrected chi connectivity index (χ0v) is 7.54. The van der Waals surface area contributed by atoms with Crippen molar-refractivity contribution in [3.05, 3.63) is 36.4 Å². The first-order chi connectivity index (χ1) is 7.27. The Morgan fingerprint density at radius 1 is 1.47 bits per heavy atom. The number of hydrogen-bond acceptors (Lipinski definition) is 5. The molecule has 0 saturated carbocycles. The summed E-state index contributed by atoms with van der Waals surface area (Å²) in [4.78, 5) is 15.2. The molecule has 2 aromatic heterocycles. The molecule has 0 aliphatic heterocycles. The highest BCUT2D eigenvalue weighted by molar-refractivity contribution is 6.05. The Kier molecular flexibility index (Phi) is 2.32. The van der Waals surface area contributed by atoms with E-state index in [-0.39, 0.29) is 17.1 Å². The van der Waals surface area contributed by atoms with E-state index >= 15 is 0 Å². The third-order valence-electron chi connectivity index (χ3n) is 1.72. The van der Waals surface area contributed by atoms with E-state index in [2.05, 4.69) is 20.0 Å². The van der Waals surface area contributed by atoms with Crippen LogP contribution in [0.3, 0.4) is 0 Å². The number of nitrogens with one attached hydrogen (secondary N) is 1. The Bertz CT molecular complexity index is 467. The molecule has 2 rings (SSSR count). The summed E-state index contributed by atoms with van der Waals surface area (Å²) in [6.07, 6.45) is 3.94. The summed E-state index contributed by atoms with van der Waals surface area (Å²) < 4.78 is 4.54. The van der Waals surface area contributed by atoms with Gasteiger partial charge in [0.1, 0.15) is 12.0 Å². The fraction of sp³-hybridized carbons (Fsp3) is 0. The molecule has 0 fully saturated rings. The number of aromatic hydroxyl groups is 1. The van der Waals surface area contributed by atoms with Gasteiger partial charge in [0.2, 0.25) is 0 Å². The van der Waals surface area contributed by atoms with Crippen LogP contribution in [-0.4, -0.2) is 21.2 Å². The molecule has 0 aliphatic rings. The Morgan fingerprint density at radius 3 is 3.00 bits per heavy atom. The van der Waals surface area contributed by atoms with E-state index in [9.17, 15) is 9.90 Å². The number of hydrogen-bond donors (Lipinski definition) is 2. The molecule has 0 saturated heterocycles. The molecule has 6 heteroatoms. The number of carbonyl (C=O) groups excluding carboxylic acids is 1. The SMILES string of the molecule is O=C(Nc1ccon1)c1ccncc1O. The minimum Gasteiger partial charge on any atom is -0.505 e. The highest BCUT2D eigenvalue weighted by atomic mass is 16.5. The van der Waals surface area contributed by atoms with E-state index in [1.165, 1.54) is 30.8 Å². The molecule has 0 radical (unpaired) electrons. The van der Waals surface area contributed by atoms with Crippen molar-refractivity contribution < 1.29 is 14.4 Å². The van der Waals surface area contributed by atoms with E-state index in [4.69, 9.17) is 0 Å². The fourth-order valence-electron chi connectivity index (χ4n) is 1.04. The molecule has 76 valence electrons. The number of rotatable bonds is 2. The third-order valence-corrected chi connectivity index (χ3v) is 1.72. The van der Waals surface area contributed by atoms with Crippen molar-refractivity contribution in [3.8, 4) is 5.75 Å². The van der Waals surface area contributed by atoms with E-state index in [0.29, 0.717) is 0 Å². The average molecular weight is 205 g/mol. The third kappa shape index (κ3) is 1.93. The van der Waals surface area contributed by atoms with Gasteiger partial charge in [-0.3, -0.25) is 9.78 Å². The monoisotopic (exact) mass is 205 g/mol. The van der Waals surface area contributed by atoms with Crippen LogP contribution < -0.4 is 5.32 Å². The maximum absolute atomic E-state index is 11.6. The quantitative estimate of drug-likeness (QED) is 0.764. The zero-order chi connectivity index (χ0) is 10.7. The van der Waals surface area contributed by atoms with Gasteiger partial charge >= 0.3 is 0 Å². The first kappa shape index (κ1) is 9.20. The van der Waals surface area contributed by atoms with Gasteiger partial charge in [-0.05, 0) is 6.07 Å². The smallest absolute Gasteiger partial charge is 0.260 e. The number of anilines is 1. The zero-order valence-electron chi connectivity index (χ0n) is 7.54. The minimum absolute atomic E-state index is 0.132. The number of pyridine rings is 1. The maximum atomic E-state index is 11.6. The molecule has 0 atom stereocenters. The van der Waals surface area contributed by atoms with Crippen molar-refractivity contribution in [1.29, 1.82) is 0 Å². The van der Waals surface area contributed by atoms with Crippen LogP contribution >= 0.6 is 0 Å². The van der Waals surface area contributed by atoms with Gasteiger partial charge < -0.3 is 14.9 Å². The summed E-state index contributed by atoms with van der Waals surface area (Å²) in [5, 5.41) is 15.3. The molecule has 0 bridgehead atoms. The molecular weight excluding hydrogens is 198 g/mol. The van der Waals surface area contributed by atoms with Gasteiger partial charge in [0.05, 0.1) is 11.8 Å². The number of carbonyl (C=O) groups is 1. The molecule has 2 N–H and O–H groups in total. The molecule has 15 heavy (non-hydrogen) atoms. The molecule has 2 heterocycles. The van der Waals surface area contributed by atoms with E-state index in [1.54, 1.807) is 0 Å². The van der Waals surface area contributed by atoms with Crippen molar-refractivity contribution >= 4 is 11.7 Å². The van der Waals surface area contributed by atoms with Crippen LogP contribution in [0.5, 0.6) is 5.75 Å². The number of amides is 1. The van der Waals surface area contributed by atoms with Crippen LogP contribution in [0.2, 0.25) is 0 Å². The number of aromatic nitrogens is 2. The molecule has 0 unspecified atom stereocenters. The largest absolute Gasteiger partial charge is 0.505 e. The molecule has 0 aromatic carbocycles. The second kappa shape index (κ2) is 3.79. The lowest BCUT2D eigenvalue weighted by Crippen LogP contribution is -2.12. The van der Waals surface area contributed by atoms with Crippen molar-refractivity contribution in [2.45, 2.75) is 0 Å². The van der Waals surface area contributed by atoms with Crippen LogP contribution in [0.4, 0.5) is 5.82 Å². The summed E-state index contributed by atoms with van der Waals surface area (Å²) in [7, 11) is 0. The molecule has 6 nitrogen and oxygen atoms in total. The van der Waals surface area contributed by atoms with Crippen molar-refractivity contribution in [1.82, 2.24) is 10.1 Å². The summed E-state index contributed by atoms with van der Waals surface area (Å²) in [6.45, 7) is 0. The number of nitrogens with zero attached hydrogens (tertiary/aromatic N) is 2. The predicted molar refractivity (Wildman–Crippen MR) is 50.4 cm³/mol. The van der Waals surface area contributed by atoms with Crippen LogP contribution in [0.1, 0.15) is 10.4 Å². The van der Waals surface area contributed by atoms with Crippen molar-refractivity contribution in [3.63, 3.8) is 0 Å². The standard InChI is InChI=1S/C9H7N3O3/c13-7-5-10-3-1-6(7)9(14)11-8-2-4-15-12-8/h1-5,13H,(H,11,12,14). The lowest BCUT2D eigenvalue weighted by molar-refractivity contribution is 0.102. The van der Waals surface area contributed by atoms with Gasteiger partial charge in [-0.15, -0.1) is 0 Å². The van der Waals surface area contributed by atoms with E-state index in [0.717, 1.165) is 0 Å². The highest BCUT2D eigenvalue weighted by Gasteiger charge is 2.11. The first-order valence-corrected chi connectivity index (χ1v) is 4.12. The summed E-state index contributed by atoms with van der Waals surface area (Å²) in [5.74, 6) is -0.362. The Morgan fingerprint density at radius 2 is 2.33 bits per heavy atom. The topological polar surface area (TPSA) is 88.3 Å². The lowest BCUT2D eigenvalue weighted by atomic mass is 10.2. The molecule has 0 aliphatic carbocycles. The van der Waals surface area contributed by atoms with Crippen LogP contribution in [-0.2, 0) is 0 Å². The lowest BCUT2D eigenvalue weighted by Gasteiger charge is -2.02. The van der Waals surface area contributed by atoms with Gasteiger partial charge in [-0.2, -0.15) is 0 Å². The normalized spacial score (nSPS) is 9.87. The summed E-state index contributed by atoms with van der Waals surface area (Å²) >= 11 is 0. The highest BCUT2D eigenvalue weighted by Crippen LogP contribution is 2.15. The van der Waals surface area contributed by atoms with Crippen LogP contribution in [0.15, 0.2) is 35.3 Å². The van der Waals surface area contributed by atoms with Crippen LogP contribution in [0, 0.1) is 0 Å². The Hall–Kier alpha value is -2.37. The molecule has 2 aromatic rings. The minimum atomic E-state index is -0.469. The van der Waals surface area contributed by atoms with Gasteiger partial charge in [0, 0.05) is 12.3 Å². The summed E-state index contributed by atoms with van der Waals surface area (Å²) in [6, 6.07) is 2.90. The molecule has 1 amide bonds. The van der Waals surface area contributed by atoms with Gasteiger partial charge in [-0.1, -0.05) is 5.16 Å². The second-order valence-electron chi connectivity index (χ2n) is 2.73. The van der Waals surface area contributed by atoms with Crippen molar-refractivity contribution in [2.75, 3.05) is 5.32 Å².